The summed E-state index contributed by atoms with van der Waals surface area (Å²) in [7, 11) is 1.55. The molecular weight excluding hydrogens is 574 g/mol. The van der Waals surface area contributed by atoms with Crippen LogP contribution in [0, 0.1) is 0 Å². The van der Waals surface area contributed by atoms with Crippen LogP contribution in [0.4, 0.5) is 4.79 Å². The number of carbonyl (C=O) groups excluding carboxylic acids is 2. The van der Waals surface area contributed by atoms with Gasteiger partial charge >= 0.3 is 0 Å². The quantitative estimate of drug-likeness (QED) is 0.203. The topological polar surface area (TPSA) is 55.8 Å². The van der Waals surface area contributed by atoms with E-state index in [1.165, 1.54) is 4.90 Å². The Labute approximate surface area is 232 Å². The third kappa shape index (κ3) is 5.54. The Morgan fingerprint density at radius 3 is 2.51 bits per heavy atom. The summed E-state index contributed by atoms with van der Waals surface area (Å²) in [5.74, 6) is 0.685. The molecule has 5 rings (SSSR count). The van der Waals surface area contributed by atoms with Gasteiger partial charge in [0.15, 0.2) is 11.5 Å². The molecule has 1 saturated heterocycles. The molecule has 0 unspecified atom stereocenters. The van der Waals surface area contributed by atoms with E-state index in [2.05, 4.69) is 15.9 Å². The molecule has 0 spiro atoms. The highest BCUT2D eigenvalue weighted by Gasteiger charge is 2.35. The van der Waals surface area contributed by atoms with Crippen molar-refractivity contribution < 1.29 is 19.1 Å². The standard InChI is InChI=1S/C29H21BrClNO4S/c1-35-25-14-19(13-23(30)27(25)36-17-22-8-4-5-9-24(22)31)15-26-28(33)32(29(34)37-26)16-18-10-11-20-6-2-3-7-21(20)12-18/h2-15H,16-17H2,1H3/b26-15+. The fraction of sp³-hybridized carbons (Fsp3) is 0.103. The van der Waals surface area contributed by atoms with Crippen molar-refractivity contribution in [3.05, 3.63) is 110 Å². The third-order valence-electron chi connectivity index (χ3n) is 5.91. The Morgan fingerprint density at radius 2 is 1.73 bits per heavy atom. The van der Waals surface area contributed by atoms with Gasteiger partial charge < -0.3 is 9.47 Å². The minimum atomic E-state index is -0.322. The van der Waals surface area contributed by atoms with Gasteiger partial charge in [-0.1, -0.05) is 66.2 Å². The molecule has 0 atom stereocenters. The van der Waals surface area contributed by atoms with Gasteiger partial charge in [-0.25, -0.2) is 0 Å². The third-order valence-corrected chi connectivity index (χ3v) is 7.77. The number of imide groups is 1. The molecule has 1 aliphatic heterocycles. The predicted octanol–water partition coefficient (Wildman–Crippen LogP) is 8.08. The van der Waals surface area contributed by atoms with Crippen LogP contribution in [0.3, 0.4) is 0 Å². The van der Waals surface area contributed by atoms with Gasteiger partial charge in [-0.3, -0.25) is 14.5 Å². The predicted molar refractivity (Wildman–Crippen MR) is 152 cm³/mol. The number of nitrogens with zero attached hydrogens (tertiary/aromatic N) is 1. The molecule has 5 nitrogen and oxygen atoms in total. The molecule has 0 aromatic heterocycles. The molecule has 0 saturated carbocycles. The monoisotopic (exact) mass is 593 g/mol. The van der Waals surface area contributed by atoms with Crippen LogP contribution in [0.15, 0.2) is 88.2 Å². The van der Waals surface area contributed by atoms with Crippen molar-refractivity contribution in [3.63, 3.8) is 0 Å². The van der Waals surface area contributed by atoms with Crippen molar-refractivity contribution in [1.82, 2.24) is 4.90 Å². The smallest absolute Gasteiger partial charge is 0.293 e. The van der Waals surface area contributed by atoms with Crippen LogP contribution in [0.1, 0.15) is 16.7 Å². The molecule has 2 amide bonds. The molecule has 1 fully saturated rings. The molecule has 4 aromatic carbocycles. The zero-order valence-electron chi connectivity index (χ0n) is 19.7. The molecule has 0 aliphatic carbocycles. The lowest BCUT2D eigenvalue weighted by molar-refractivity contribution is -0.123. The molecule has 1 heterocycles. The second kappa shape index (κ2) is 11.0. The number of rotatable bonds is 7. The molecule has 0 bridgehead atoms. The number of methoxy groups -OCH3 is 1. The van der Waals surface area contributed by atoms with E-state index in [4.69, 9.17) is 21.1 Å². The van der Waals surface area contributed by atoms with Gasteiger partial charge in [0.05, 0.1) is 23.0 Å². The lowest BCUT2D eigenvalue weighted by Gasteiger charge is -2.14. The first-order valence-corrected chi connectivity index (χ1v) is 13.4. The lowest BCUT2D eigenvalue weighted by Crippen LogP contribution is -2.27. The highest BCUT2D eigenvalue weighted by Crippen LogP contribution is 2.40. The largest absolute Gasteiger partial charge is 0.493 e. The second-order valence-electron chi connectivity index (χ2n) is 8.36. The summed E-state index contributed by atoms with van der Waals surface area (Å²) in [5.41, 5.74) is 2.44. The number of thioether (sulfide) groups is 1. The summed E-state index contributed by atoms with van der Waals surface area (Å²) in [6.07, 6.45) is 1.69. The van der Waals surface area contributed by atoms with Crippen LogP contribution in [0.2, 0.25) is 5.02 Å². The van der Waals surface area contributed by atoms with E-state index in [9.17, 15) is 9.59 Å². The first-order valence-electron chi connectivity index (χ1n) is 11.4. The fourth-order valence-corrected chi connectivity index (χ4v) is 5.64. The number of hydrogen-bond acceptors (Lipinski definition) is 5. The maximum absolute atomic E-state index is 13.1. The summed E-state index contributed by atoms with van der Waals surface area (Å²) in [5, 5.41) is 2.50. The zero-order valence-corrected chi connectivity index (χ0v) is 22.9. The minimum Gasteiger partial charge on any atom is -0.493 e. The summed E-state index contributed by atoms with van der Waals surface area (Å²) in [4.78, 5) is 27.5. The normalized spacial score (nSPS) is 14.6. The van der Waals surface area contributed by atoms with Crippen molar-refractivity contribution in [3.8, 4) is 11.5 Å². The summed E-state index contributed by atoms with van der Waals surface area (Å²) >= 11 is 10.7. The molecule has 37 heavy (non-hydrogen) atoms. The molecule has 0 N–H and O–H groups in total. The van der Waals surface area contributed by atoms with E-state index in [0.717, 1.165) is 33.7 Å². The maximum Gasteiger partial charge on any atom is 0.293 e. The number of hydrogen-bond donors (Lipinski definition) is 0. The number of ether oxygens (including phenoxy) is 2. The Balaban J connectivity index is 1.35. The molecule has 8 heteroatoms. The number of halogens is 2. The van der Waals surface area contributed by atoms with Crippen molar-refractivity contribution in [2.45, 2.75) is 13.2 Å². The summed E-state index contributed by atoms with van der Waals surface area (Å²) in [6.45, 7) is 0.482. The Kier molecular flexibility index (Phi) is 7.55. The second-order valence-corrected chi connectivity index (χ2v) is 10.6. The van der Waals surface area contributed by atoms with Gasteiger partial charge in [0.1, 0.15) is 6.61 Å². The average Bonchev–Trinajstić information content (AvgIpc) is 3.15. The van der Waals surface area contributed by atoms with E-state index >= 15 is 0 Å². The highest BCUT2D eigenvalue weighted by atomic mass is 79.9. The van der Waals surface area contributed by atoms with Crippen molar-refractivity contribution >= 4 is 67.3 Å². The fourth-order valence-electron chi connectivity index (χ4n) is 4.04. The van der Waals surface area contributed by atoms with E-state index in [1.807, 2.05) is 72.8 Å². The molecule has 4 aromatic rings. The Morgan fingerprint density at radius 1 is 0.973 bits per heavy atom. The minimum absolute atomic E-state index is 0.217. The highest BCUT2D eigenvalue weighted by molar-refractivity contribution is 9.10. The van der Waals surface area contributed by atoms with Gasteiger partial charge in [0, 0.05) is 10.6 Å². The van der Waals surface area contributed by atoms with E-state index in [1.54, 1.807) is 19.3 Å². The number of benzene rings is 4. The number of carbonyl (C=O) groups is 2. The number of fused-ring (bicyclic) bond motifs is 1. The SMILES string of the molecule is COc1cc(/C=C2/SC(=O)N(Cc3ccc4ccccc4c3)C2=O)cc(Br)c1OCc1ccccc1Cl. The van der Waals surface area contributed by atoms with Gasteiger partial charge in [0.25, 0.3) is 11.1 Å². The van der Waals surface area contributed by atoms with Crippen LogP contribution < -0.4 is 9.47 Å². The van der Waals surface area contributed by atoms with Crippen LogP contribution in [-0.2, 0) is 17.9 Å². The van der Waals surface area contributed by atoms with Crippen molar-refractivity contribution in [1.29, 1.82) is 0 Å². The van der Waals surface area contributed by atoms with Crippen LogP contribution in [0.25, 0.3) is 16.8 Å². The first kappa shape index (κ1) is 25.4. The zero-order chi connectivity index (χ0) is 25.9. The van der Waals surface area contributed by atoms with Gasteiger partial charge in [-0.15, -0.1) is 0 Å². The van der Waals surface area contributed by atoms with Crippen molar-refractivity contribution in [2.75, 3.05) is 7.11 Å². The Bertz CT molecular complexity index is 1550. The van der Waals surface area contributed by atoms with Crippen LogP contribution >= 0.6 is 39.3 Å². The van der Waals surface area contributed by atoms with E-state index in [0.29, 0.717) is 31.5 Å². The van der Waals surface area contributed by atoms with Gasteiger partial charge in [-0.2, -0.15) is 0 Å². The lowest BCUT2D eigenvalue weighted by atomic mass is 10.1. The summed E-state index contributed by atoms with van der Waals surface area (Å²) < 4.78 is 12.2. The first-order chi connectivity index (χ1) is 17.9. The van der Waals surface area contributed by atoms with E-state index in [-0.39, 0.29) is 24.3 Å². The Hall–Kier alpha value is -3.26. The molecule has 1 aliphatic rings. The summed E-state index contributed by atoms with van der Waals surface area (Å²) in [6, 6.07) is 25.0. The molecule has 186 valence electrons. The van der Waals surface area contributed by atoms with Gasteiger partial charge in [-0.05, 0) is 79.9 Å². The average molecular weight is 595 g/mol. The van der Waals surface area contributed by atoms with Crippen molar-refractivity contribution in [2.24, 2.45) is 0 Å². The molecule has 0 radical (unpaired) electrons. The maximum atomic E-state index is 13.1. The number of amides is 2. The van der Waals surface area contributed by atoms with Crippen LogP contribution in [-0.4, -0.2) is 23.2 Å². The molecular formula is C29H21BrClNO4S. The van der Waals surface area contributed by atoms with Crippen LogP contribution in [0.5, 0.6) is 11.5 Å². The van der Waals surface area contributed by atoms with Gasteiger partial charge in [0.2, 0.25) is 0 Å². The van der Waals surface area contributed by atoms with E-state index < -0.39 is 0 Å².